The number of hydrogen-bond donors (Lipinski definition) is 1. The Balaban J connectivity index is 1.47. The van der Waals surface area contributed by atoms with Gasteiger partial charge in [-0.3, -0.25) is 9.69 Å². The van der Waals surface area contributed by atoms with Crippen LogP contribution in [-0.4, -0.2) is 61.0 Å². The van der Waals surface area contributed by atoms with Gasteiger partial charge in [0.25, 0.3) is 0 Å². The van der Waals surface area contributed by atoms with E-state index in [1.54, 1.807) is 0 Å². The van der Waals surface area contributed by atoms with Gasteiger partial charge < -0.3 is 10.2 Å². The standard InChI is InChI=1S/C15H27N3O/c1-11-9-17(2)7-8-18(11)10-14(19)16-15(12-3-4-12)13-5-6-13/h11-13,15H,3-10H2,1-2H3,(H,16,19). The smallest absolute Gasteiger partial charge is 0.234 e. The summed E-state index contributed by atoms with van der Waals surface area (Å²) in [6, 6.07) is 0.986. The molecule has 1 unspecified atom stereocenters. The Labute approximate surface area is 116 Å². The summed E-state index contributed by atoms with van der Waals surface area (Å²) in [5.41, 5.74) is 0. The maximum absolute atomic E-state index is 12.2. The van der Waals surface area contributed by atoms with Gasteiger partial charge in [0.05, 0.1) is 6.54 Å². The van der Waals surface area contributed by atoms with Crippen LogP contribution >= 0.6 is 0 Å². The number of hydrogen-bond acceptors (Lipinski definition) is 3. The lowest BCUT2D eigenvalue weighted by Crippen LogP contribution is -2.54. The van der Waals surface area contributed by atoms with Crippen LogP contribution < -0.4 is 5.32 Å². The zero-order chi connectivity index (χ0) is 13.4. The van der Waals surface area contributed by atoms with Crippen LogP contribution in [0.5, 0.6) is 0 Å². The predicted octanol–water partition coefficient (Wildman–Crippen LogP) is 0.927. The fourth-order valence-corrected chi connectivity index (χ4v) is 3.36. The fourth-order valence-electron chi connectivity index (χ4n) is 3.36. The molecule has 0 radical (unpaired) electrons. The minimum Gasteiger partial charge on any atom is -0.352 e. The van der Waals surface area contributed by atoms with E-state index in [2.05, 4.69) is 29.1 Å². The van der Waals surface area contributed by atoms with Crippen LogP contribution in [-0.2, 0) is 4.79 Å². The van der Waals surface area contributed by atoms with Crippen LogP contribution in [0.4, 0.5) is 0 Å². The van der Waals surface area contributed by atoms with E-state index in [1.807, 2.05) is 0 Å². The van der Waals surface area contributed by atoms with Gasteiger partial charge in [0.15, 0.2) is 0 Å². The third kappa shape index (κ3) is 3.48. The van der Waals surface area contributed by atoms with Crippen molar-refractivity contribution in [3.8, 4) is 0 Å². The minimum atomic E-state index is 0.250. The number of carbonyl (C=O) groups excluding carboxylic acids is 1. The first-order valence-electron chi connectivity index (χ1n) is 7.85. The molecule has 19 heavy (non-hydrogen) atoms. The molecule has 1 atom stereocenters. The normalized spacial score (nSPS) is 29.7. The molecule has 2 saturated carbocycles. The van der Waals surface area contributed by atoms with E-state index >= 15 is 0 Å². The molecule has 3 fully saturated rings. The summed E-state index contributed by atoms with van der Waals surface area (Å²) in [6.45, 7) is 5.98. The van der Waals surface area contributed by atoms with Crippen molar-refractivity contribution in [2.45, 2.75) is 44.7 Å². The van der Waals surface area contributed by atoms with E-state index in [9.17, 15) is 4.79 Å². The predicted molar refractivity (Wildman–Crippen MR) is 75.9 cm³/mol. The molecule has 3 rings (SSSR count). The maximum Gasteiger partial charge on any atom is 0.234 e. The van der Waals surface area contributed by atoms with E-state index in [4.69, 9.17) is 0 Å². The number of piperazine rings is 1. The molecular formula is C15H27N3O. The molecule has 0 bridgehead atoms. The summed E-state index contributed by atoms with van der Waals surface area (Å²) >= 11 is 0. The molecule has 0 aromatic heterocycles. The molecule has 1 aliphatic heterocycles. The average molecular weight is 265 g/mol. The quantitative estimate of drug-likeness (QED) is 0.803. The van der Waals surface area contributed by atoms with E-state index in [0.717, 1.165) is 31.5 Å². The SMILES string of the molecule is CC1CN(C)CCN1CC(=O)NC(C1CC1)C1CC1. The second kappa shape index (κ2) is 5.41. The highest BCUT2D eigenvalue weighted by molar-refractivity contribution is 5.78. The van der Waals surface area contributed by atoms with E-state index < -0.39 is 0 Å². The molecule has 0 aromatic rings. The first kappa shape index (κ1) is 13.4. The van der Waals surface area contributed by atoms with Crippen LogP contribution in [0.3, 0.4) is 0 Å². The van der Waals surface area contributed by atoms with Crippen molar-refractivity contribution >= 4 is 5.91 Å². The van der Waals surface area contributed by atoms with Gasteiger partial charge in [0, 0.05) is 31.7 Å². The molecule has 3 aliphatic rings. The first-order valence-corrected chi connectivity index (χ1v) is 7.85. The van der Waals surface area contributed by atoms with Crippen LogP contribution in [0, 0.1) is 11.8 Å². The zero-order valence-corrected chi connectivity index (χ0v) is 12.3. The summed E-state index contributed by atoms with van der Waals surface area (Å²) in [7, 11) is 2.16. The summed E-state index contributed by atoms with van der Waals surface area (Å²) in [5, 5.41) is 3.33. The molecule has 1 amide bonds. The van der Waals surface area contributed by atoms with Crippen molar-refractivity contribution in [1.29, 1.82) is 0 Å². The lowest BCUT2D eigenvalue weighted by molar-refractivity contribution is -0.124. The van der Waals surface area contributed by atoms with Crippen molar-refractivity contribution in [3.05, 3.63) is 0 Å². The summed E-state index contributed by atoms with van der Waals surface area (Å²) in [6.07, 6.45) is 5.30. The number of rotatable bonds is 5. The second-order valence-corrected chi connectivity index (χ2v) is 6.85. The van der Waals surface area contributed by atoms with Gasteiger partial charge in [0.1, 0.15) is 0 Å². The third-order valence-electron chi connectivity index (χ3n) is 4.90. The Hall–Kier alpha value is -0.610. The molecule has 1 heterocycles. The Bertz CT molecular complexity index is 326. The molecule has 2 aliphatic carbocycles. The summed E-state index contributed by atoms with van der Waals surface area (Å²) in [5.74, 6) is 1.84. The third-order valence-corrected chi connectivity index (χ3v) is 4.90. The average Bonchev–Trinajstić information content (AvgIpc) is 3.24. The van der Waals surface area contributed by atoms with Gasteiger partial charge in [-0.05, 0) is 51.5 Å². The topological polar surface area (TPSA) is 35.6 Å². The van der Waals surface area contributed by atoms with E-state index in [0.29, 0.717) is 18.6 Å². The number of nitrogens with one attached hydrogen (secondary N) is 1. The first-order chi connectivity index (χ1) is 9.13. The van der Waals surface area contributed by atoms with Crippen molar-refractivity contribution in [3.63, 3.8) is 0 Å². The van der Waals surface area contributed by atoms with Crippen molar-refractivity contribution in [2.24, 2.45) is 11.8 Å². The van der Waals surface area contributed by atoms with Crippen LogP contribution in [0.1, 0.15) is 32.6 Å². The van der Waals surface area contributed by atoms with Crippen LogP contribution in [0.2, 0.25) is 0 Å². The van der Waals surface area contributed by atoms with Crippen molar-refractivity contribution in [2.75, 3.05) is 33.2 Å². The van der Waals surface area contributed by atoms with Gasteiger partial charge in [-0.25, -0.2) is 0 Å². The maximum atomic E-state index is 12.2. The largest absolute Gasteiger partial charge is 0.352 e. The van der Waals surface area contributed by atoms with Gasteiger partial charge >= 0.3 is 0 Å². The van der Waals surface area contributed by atoms with Crippen molar-refractivity contribution < 1.29 is 4.79 Å². The van der Waals surface area contributed by atoms with Crippen LogP contribution in [0.15, 0.2) is 0 Å². The second-order valence-electron chi connectivity index (χ2n) is 6.85. The van der Waals surface area contributed by atoms with Gasteiger partial charge in [-0.1, -0.05) is 0 Å². The fraction of sp³-hybridized carbons (Fsp3) is 0.933. The molecule has 0 aromatic carbocycles. The van der Waals surface area contributed by atoms with E-state index in [-0.39, 0.29) is 5.91 Å². The summed E-state index contributed by atoms with van der Waals surface area (Å²) < 4.78 is 0. The molecule has 1 N–H and O–H groups in total. The molecule has 0 spiro atoms. The van der Waals surface area contributed by atoms with Crippen molar-refractivity contribution in [1.82, 2.24) is 15.1 Å². The van der Waals surface area contributed by atoms with E-state index in [1.165, 1.54) is 25.7 Å². The highest BCUT2D eigenvalue weighted by atomic mass is 16.2. The lowest BCUT2D eigenvalue weighted by atomic mass is 10.1. The number of amides is 1. The Morgan fingerprint density at radius 2 is 1.84 bits per heavy atom. The monoisotopic (exact) mass is 265 g/mol. The van der Waals surface area contributed by atoms with Gasteiger partial charge in [-0.15, -0.1) is 0 Å². The molecular weight excluding hydrogens is 238 g/mol. The van der Waals surface area contributed by atoms with Gasteiger partial charge in [0.2, 0.25) is 5.91 Å². The number of carbonyl (C=O) groups is 1. The molecule has 4 nitrogen and oxygen atoms in total. The Morgan fingerprint density at radius 1 is 1.21 bits per heavy atom. The minimum absolute atomic E-state index is 0.250. The molecule has 1 saturated heterocycles. The van der Waals surface area contributed by atoms with Gasteiger partial charge in [-0.2, -0.15) is 0 Å². The number of likely N-dealkylation sites (N-methyl/N-ethyl adjacent to an activating group) is 1. The van der Waals surface area contributed by atoms with Crippen LogP contribution in [0.25, 0.3) is 0 Å². The Kier molecular flexibility index (Phi) is 3.81. The highest BCUT2D eigenvalue weighted by Gasteiger charge is 2.42. The number of nitrogens with zero attached hydrogens (tertiary/aromatic N) is 2. The lowest BCUT2D eigenvalue weighted by Gasteiger charge is -2.38. The Morgan fingerprint density at radius 3 is 2.37 bits per heavy atom. The summed E-state index contributed by atoms with van der Waals surface area (Å²) in [4.78, 5) is 16.9. The highest BCUT2D eigenvalue weighted by Crippen LogP contribution is 2.44. The molecule has 108 valence electrons. The zero-order valence-electron chi connectivity index (χ0n) is 12.3. The molecule has 4 heteroatoms.